The number of carboxylic acid groups (broad SMARTS) is 1. The van der Waals surface area contributed by atoms with E-state index in [1.807, 2.05) is 11.8 Å². The zero-order valence-corrected chi connectivity index (χ0v) is 16.6. The average Bonchev–Trinajstić information content (AvgIpc) is 3.07. The maximum Gasteiger partial charge on any atom is 0.306 e. The molecule has 0 amide bonds. The van der Waals surface area contributed by atoms with Gasteiger partial charge in [-0.2, -0.15) is 0 Å². The minimum Gasteiger partial charge on any atom is -0.481 e. The Bertz CT molecular complexity index is 702. The Kier molecular flexibility index (Phi) is 4.79. The zero-order chi connectivity index (χ0) is 14.4. The van der Waals surface area contributed by atoms with Crippen LogP contribution in [0.15, 0.2) is 47.4 Å². The van der Waals surface area contributed by atoms with Gasteiger partial charge in [-0.05, 0) is 54.0 Å². The smallest absolute Gasteiger partial charge is 0.306 e. The van der Waals surface area contributed by atoms with Gasteiger partial charge in [-0.3, -0.25) is 4.79 Å². The van der Waals surface area contributed by atoms with E-state index in [1.54, 1.807) is 0 Å². The molecule has 2 fully saturated rings. The molecule has 2 aliphatic carbocycles. The quantitative estimate of drug-likeness (QED) is 0.666. The van der Waals surface area contributed by atoms with Gasteiger partial charge in [-0.25, -0.2) is 0 Å². The zero-order valence-electron chi connectivity index (χ0n) is 12.2. The van der Waals surface area contributed by atoms with Crippen LogP contribution in [0.3, 0.4) is 0 Å². The molecular formula is C18H18HfO2S. The van der Waals surface area contributed by atoms with Crippen LogP contribution in [-0.2, 0) is 30.6 Å². The molecule has 1 N–H and O–H groups in total. The van der Waals surface area contributed by atoms with Gasteiger partial charge in [0.2, 0.25) is 0 Å². The Morgan fingerprint density at radius 1 is 1.05 bits per heavy atom. The molecule has 22 heavy (non-hydrogen) atoms. The second-order valence-corrected chi connectivity index (χ2v) is 7.66. The first-order valence-electron chi connectivity index (χ1n) is 7.59. The van der Waals surface area contributed by atoms with Crippen molar-refractivity contribution in [3.8, 4) is 0 Å². The number of thioether (sulfide) groups is 1. The van der Waals surface area contributed by atoms with Crippen LogP contribution in [0.4, 0.5) is 0 Å². The maximum absolute atomic E-state index is 11.4. The van der Waals surface area contributed by atoms with Gasteiger partial charge in [-0.15, -0.1) is 11.8 Å². The summed E-state index contributed by atoms with van der Waals surface area (Å²) in [5.41, 5.74) is 0. The molecular weight excluding hydrogens is 459 g/mol. The second kappa shape index (κ2) is 6.48. The van der Waals surface area contributed by atoms with Crippen LogP contribution in [0.2, 0.25) is 0 Å². The number of carboxylic acids is 1. The number of carbonyl (C=O) groups is 1. The molecule has 4 atom stereocenters. The van der Waals surface area contributed by atoms with E-state index in [1.165, 1.54) is 22.1 Å². The van der Waals surface area contributed by atoms with Gasteiger partial charge in [-0.1, -0.05) is 30.3 Å². The molecule has 2 nitrogen and oxygen atoms in total. The molecule has 2 saturated carbocycles. The molecule has 2 aromatic carbocycles. The average molecular weight is 477 g/mol. The molecule has 2 bridgehead atoms. The van der Waals surface area contributed by atoms with Gasteiger partial charge in [0.25, 0.3) is 0 Å². The number of hydrogen-bond donors (Lipinski definition) is 1. The molecule has 0 aliphatic heterocycles. The molecule has 0 spiro atoms. The van der Waals surface area contributed by atoms with Gasteiger partial charge < -0.3 is 5.11 Å². The van der Waals surface area contributed by atoms with Crippen LogP contribution in [0, 0.1) is 17.8 Å². The van der Waals surface area contributed by atoms with E-state index in [4.69, 9.17) is 0 Å². The van der Waals surface area contributed by atoms with Crippen molar-refractivity contribution >= 4 is 28.5 Å². The van der Waals surface area contributed by atoms with Crippen molar-refractivity contribution in [1.82, 2.24) is 0 Å². The predicted octanol–water partition coefficient (Wildman–Crippen LogP) is 4.43. The SMILES string of the molecule is O=C(O)C1CC2CC(Sc3ccc4ccccc4c3)C1C2.[Hf]. The van der Waals surface area contributed by atoms with Crippen molar-refractivity contribution in [2.24, 2.45) is 17.8 Å². The second-order valence-electron chi connectivity index (χ2n) is 6.35. The number of fused-ring (bicyclic) bond motifs is 3. The van der Waals surface area contributed by atoms with Gasteiger partial charge in [0, 0.05) is 36.0 Å². The van der Waals surface area contributed by atoms with Gasteiger partial charge >= 0.3 is 5.97 Å². The molecule has 0 aromatic heterocycles. The Morgan fingerprint density at radius 2 is 1.82 bits per heavy atom. The summed E-state index contributed by atoms with van der Waals surface area (Å²) in [6, 6.07) is 15.0. The molecule has 4 unspecified atom stereocenters. The van der Waals surface area contributed by atoms with E-state index in [9.17, 15) is 9.90 Å². The standard InChI is InChI=1S/C18H18O2S.Hf/c19-18(20)16-8-11-7-15(16)17(9-11)21-14-6-5-12-3-1-2-4-13(12)10-14;/h1-6,10-11,15-17H,7-9H2,(H,19,20);. The van der Waals surface area contributed by atoms with E-state index < -0.39 is 5.97 Å². The summed E-state index contributed by atoms with van der Waals surface area (Å²) in [6.07, 6.45) is 3.20. The summed E-state index contributed by atoms with van der Waals surface area (Å²) >= 11 is 1.89. The van der Waals surface area contributed by atoms with Crippen LogP contribution in [-0.4, -0.2) is 16.3 Å². The van der Waals surface area contributed by atoms with Crippen LogP contribution in [0.5, 0.6) is 0 Å². The van der Waals surface area contributed by atoms with Crippen molar-refractivity contribution in [2.75, 3.05) is 0 Å². The Hall–Kier alpha value is -0.610. The van der Waals surface area contributed by atoms with Crippen LogP contribution < -0.4 is 0 Å². The van der Waals surface area contributed by atoms with Gasteiger partial charge in [0.1, 0.15) is 0 Å². The Labute approximate surface area is 153 Å². The van der Waals surface area contributed by atoms with E-state index in [-0.39, 0.29) is 31.8 Å². The molecule has 0 radical (unpaired) electrons. The fourth-order valence-corrected chi connectivity index (χ4v) is 5.66. The molecule has 4 rings (SSSR count). The Balaban J connectivity index is 0.00000144. The first-order chi connectivity index (χ1) is 10.2. The van der Waals surface area contributed by atoms with Crippen molar-refractivity contribution in [1.29, 1.82) is 0 Å². The topological polar surface area (TPSA) is 37.3 Å². The summed E-state index contributed by atoms with van der Waals surface area (Å²) in [7, 11) is 0. The largest absolute Gasteiger partial charge is 0.481 e. The van der Waals surface area contributed by atoms with E-state index in [2.05, 4.69) is 42.5 Å². The summed E-state index contributed by atoms with van der Waals surface area (Å²) in [6.45, 7) is 0. The van der Waals surface area contributed by atoms with Gasteiger partial charge in [0.05, 0.1) is 5.92 Å². The minimum absolute atomic E-state index is 0. The predicted molar refractivity (Wildman–Crippen MR) is 85.5 cm³/mol. The molecule has 0 saturated heterocycles. The Morgan fingerprint density at radius 3 is 2.55 bits per heavy atom. The fourth-order valence-electron chi connectivity index (χ4n) is 4.12. The summed E-state index contributed by atoms with van der Waals surface area (Å²) in [5.74, 6) is 0.297. The van der Waals surface area contributed by atoms with Crippen LogP contribution in [0.1, 0.15) is 19.3 Å². The van der Waals surface area contributed by atoms with Crippen molar-refractivity contribution in [3.05, 3.63) is 42.5 Å². The van der Waals surface area contributed by atoms with Crippen molar-refractivity contribution in [3.63, 3.8) is 0 Å². The van der Waals surface area contributed by atoms with Crippen LogP contribution >= 0.6 is 11.8 Å². The number of rotatable bonds is 3. The number of hydrogen-bond acceptors (Lipinski definition) is 2. The number of aliphatic carboxylic acids is 1. The number of benzene rings is 2. The molecule has 112 valence electrons. The third-order valence-corrected chi connectivity index (χ3v) is 6.45. The summed E-state index contributed by atoms with van der Waals surface area (Å²) < 4.78 is 0. The van der Waals surface area contributed by atoms with E-state index >= 15 is 0 Å². The van der Waals surface area contributed by atoms with Crippen LogP contribution in [0.25, 0.3) is 10.8 Å². The van der Waals surface area contributed by atoms with E-state index in [0.717, 1.165) is 12.8 Å². The molecule has 0 heterocycles. The first-order valence-corrected chi connectivity index (χ1v) is 8.47. The monoisotopic (exact) mass is 478 g/mol. The summed E-state index contributed by atoms with van der Waals surface area (Å²) in [5, 5.41) is 12.4. The van der Waals surface area contributed by atoms with E-state index in [0.29, 0.717) is 17.1 Å². The molecule has 4 heteroatoms. The molecule has 2 aromatic rings. The third-order valence-electron chi connectivity index (χ3n) is 5.08. The van der Waals surface area contributed by atoms with Gasteiger partial charge in [0.15, 0.2) is 0 Å². The van der Waals surface area contributed by atoms with Crippen molar-refractivity contribution < 1.29 is 35.7 Å². The normalized spacial score (nSPS) is 29.5. The first kappa shape index (κ1) is 16.3. The minimum atomic E-state index is -0.591. The maximum atomic E-state index is 11.4. The fraction of sp³-hybridized carbons (Fsp3) is 0.389. The van der Waals surface area contributed by atoms with Crippen molar-refractivity contribution in [2.45, 2.75) is 29.4 Å². The summed E-state index contributed by atoms with van der Waals surface area (Å²) in [4.78, 5) is 12.6. The molecule has 2 aliphatic rings. The third kappa shape index (κ3) is 2.92.